The highest BCUT2D eigenvalue weighted by atomic mass is 14.7. The van der Waals surface area contributed by atoms with Crippen LogP contribution in [0, 0.1) is 12.8 Å². The van der Waals surface area contributed by atoms with Crippen LogP contribution in [0.5, 0.6) is 0 Å². The molecule has 1 nitrogen and oxygen atoms in total. The third-order valence-corrected chi connectivity index (χ3v) is 4.38. The monoisotopic (exact) mass is 201 g/mol. The first-order chi connectivity index (χ1) is 7.26. The molecular weight excluding hydrogens is 182 g/mol. The van der Waals surface area contributed by atoms with Crippen LogP contribution in [0.1, 0.15) is 36.0 Å². The van der Waals surface area contributed by atoms with E-state index in [1.54, 1.807) is 11.1 Å². The van der Waals surface area contributed by atoms with Crippen molar-refractivity contribution in [1.29, 1.82) is 0 Å². The second-order valence-corrected chi connectivity index (χ2v) is 5.31. The van der Waals surface area contributed by atoms with Gasteiger partial charge in [0.05, 0.1) is 0 Å². The molecule has 0 saturated heterocycles. The molecule has 2 N–H and O–H groups in total. The Labute approximate surface area is 91.7 Å². The highest BCUT2D eigenvalue weighted by molar-refractivity contribution is 5.44. The first kappa shape index (κ1) is 9.41. The Hall–Kier alpha value is -0.820. The largest absolute Gasteiger partial charge is 0.330 e. The fourth-order valence-corrected chi connectivity index (χ4v) is 3.47. The van der Waals surface area contributed by atoms with Gasteiger partial charge in [0.25, 0.3) is 0 Å². The summed E-state index contributed by atoms with van der Waals surface area (Å²) in [5.74, 6) is 0.763. The van der Waals surface area contributed by atoms with Gasteiger partial charge in [-0.3, -0.25) is 0 Å². The Balaban J connectivity index is 2.05. The van der Waals surface area contributed by atoms with Gasteiger partial charge in [0.2, 0.25) is 0 Å². The predicted molar refractivity (Wildman–Crippen MR) is 63.0 cm³/mol. The van der Waals surface area contributed by atoms with Gasteiger partial charge in [-0.15, -0.1) is 0 Å². The van der Waals surface area contributed by atoms with Crippen molar-refractivity contribution in [2.24, 2.45) is 11.7 Å². The smallest absolute Gasteiger partial charge is 0.0000165 e. The summed E-state index contributed by atoms with van der Waals surface area (Å²) < 4.78 is 0. The van der Waals surface area contributed by atoms with Crippen LogP contribution in [0.4, 0.5) is 0 Å². The second-order valence-electron chi connectivity index (χ2n) is 5.31. The molecule has 1 aromatic carbocycles. The van der Waals surface area contributed by atoms with Gasteiger partial charge >= 0.3 is 0 Å². The van der Waals surface area contributed by atoms with Gasteiger partial charge in [0, 0.05) is 0 Å². The molecule has 2 atom stereocenters. The van der Waals surface area contributed by atoms with Crippen molar-refractivity contribution in [1.82, 2.24) is 0 Å². The number of rotatable bonds is 1. The standard InChI is InChI=1S/C14H19N/c1-10-4-5-13-11(7-10)3-2-6-14(13)8-12(14)9-15/h4-5,7,12H,2-3,6,8-9,15H2,1H3. The number of fused-ring (bicyclic) bond motifs is 2. The van der Waals surface area contributed by atoms with Gasteiger partial charge in [0.1, 0.15) is 0 Å². The molecule has 1 spiro atoms. The number of nitrogens with two attached hydrogens (primary N) is 1. The molecule has 2 unspecified atom stereocenters. The zero-order valence-corrected chi connectivity index (χ0v) is 9.42. The minimum absolute atomic E-state index is 0.496. The van der Waals surface area contributed by atoms with E-state index in [1.807, 2.05) is 0 Å². The summed E-state index contributed by atoms with van der Waals surface area (Å²) in [7, 11) is 0. The van der Waals surface area contributed by atoms with Gasteiger partial charge < -0.3 is 5.73 Å². The number of hydrogen-bond donors (Lipinski definition) is 1. The van der Waals surface area contributed by atoms with Gasteiger partial charge in [-0.2, -0.15) is 0 Å². The molecule has 80 valence electrons. The Morgan fingerprint density at radius 2 is 2.33 bits per heavy atom. The molecule has 0 bridgehead atoms. The van der Waals surface area contributed by atoms with E-state index in [4.69, 9.17) is 5.73 Å². The summed E-state index contributed by atoms with van der Waals surface area (Å²) >= 11 is 0. The number of aryl methyl sites for hydroxylation is 2. The van der Waals surface area contributed by atoms with Gasteiger partial charge in [-0.05, 0) is 61.6 Å². The Kier molecular flexibility index (Phi) is 1.93. The minimum atomic E-state index is 0.496. The lowest BCUT2D eigenvalue weighted by Crippen LogP contribution is -2.21. The summed E-state index contributed by atoms with van der Waals surface area (Å²) in [5, 5.41) is 0. The summed E-state index contributed by atoms with van der Waals surface area (Å²) in [4.78, 5) is 0. The van der Waals surface area contributed by atoms with Crippen molar-refractivity contribution in [3.63, 3.8) is 0 Å². The first-order valence-corrected chi connectivity index (χ1v) is 6.06. The van der Waals surface area contributed by atoms with E-state index in [1.165, 1.54) is 31.2 Å². The van der Waals surface area contributed by atoms with E-state index in [0.29, 0.717) is 5.41 Å². The maximum Gasteiger partial charge on any atom is -0.0000165 e. The molecule has 2 aliphatic carbocycles. The summed E-state index contributed by atoms with van der Waals surface area (Å²) in [6.45, 7) is 3.06. The normalized spacial score (nSPS) is 32.8. The fraction of sp³-hybridized carbons (Fsp3) is 0.571. The van der Waals surface area contributed by atoms with Crippen LogP contribution < -0.4 is 5.73 Å². The minimum Gasteiger partial charge on any atom is -0.330 e. The van der Waals surface area contributed by atoms with Crippen LogP contribution in [0.15, 0.2) is 18.2 Å². The molecule has 1 saturated carbocycles. The highest BCUT2D eigenvalue weighted by Gasteiger charge is 2.55. The average Bonchev–Trinajstić information content (AvgIpc) is 2.92. The molecule has 2 aliphatic rings. The molecule has 0 amide bonds. The number of benzene rings is 1. The molecule has 0 aliphatic heterocycles. The maximum atomic E-state index is 5.83. The average molecular weight is 201 g/mol. The van der Waals surface area contributed by atoms with Gasteiger partial charge in [-0.25, -0.2) is 0 Å². The topological polar surface area (TPSA) is 26.0 Å². The van der Waals surface area contributed by atoms with Crippen molar-refractivity contribution in [2.45, 2.75) is 38.0 Å². The van der Waals surface area contributed by atoms with Crippen molar-refractivity contribution in [3.8, 4) is 0 Å². The van der Waals surface area contributed by atoms with E-state index < -0.39 is 0 Å². The second kappa shape index (κ2) is 3.08. The Bertz CT molecular complexity index is 396. The van der Waals surface area contributed by atoms with Crippen LogP contribution in [0.25, 0.3) is 0 Å². The van der Waals surface area contributed by atoms with Crippen LogP contribution in [-0.4, -0.2) is 6.54 Å². The lowest BCUT2D eigenvalue weighted by Gasteiger charge is -2.27. The van der Waals surface area contributed by atoms with Crippen LogP contribution in [-0.2, 0) is 11.8 Å². The zero-order chi connectivity index (χ0) is 10.5. The van der Waals surface area contributed by atoms with Crippen LogP contribution >= 0.6 is 0 Å². The Morgan fingerprint density at radius 1 is 1.47 bits per heavy atom. The molecule has 0 radical (unpaired) electrons. The lowest BCUT2D eigenvalue weighted by molar-refractivity contribution is 0.499. The lowest BCUT2D eigenvalue weighted by atomic mass is 9.78. The van der Waals surface area contributed by atoms with Crippen molar-refractivity contribution < 1.29 is 0 Å². The van der Waals surface area contributed by atoms with E-state index in [-0.39, 0.29) is 0 Å². The van der Waals surface area contributed by atoms with E-state index in [2.05, 4.69) is 25.1 Å². The van der Waals surface area contributed by atoms with Crippen molar-refractivity contribution in [2.75, 3.05) is 6.54 Å². The molecule has 1 fully saturated rings. The third-order valence-electron chi connectivity index (χ3n) is 4.38. The Morgan fingerprint density at radius 3 is 3.07 bits per heavy atom. The molecule has 3 rings (SSSR count). The molecular formula is C14H19N. The summed E-state index contributed by atoms with van der Waals surface area (Å²) in [5.41, 5.74) is 10.9. The van der Waals surface area contributed by atoms with Crippen LogP contribution in [0.3, 0.4) is 0 Å². The van der Waals surface area contributed by atoms with E-state index in [0.717, 1.165) is 12.5 Å². The molecule has 1 heteroatoms. The number of hydrogen-bond acceptors (Lipinski definition) is 1. The quantitative estimate of drug-likeness (QED) is 0.742. The maximum absolute atomic E-state index is 5.83. The summed E-state index contributed by atoms with van der Waals surface area (Å²) in [6, 6.07) is 7.00. The van der Waals surface area contributed by atoms with Crippen molar-refractivity contribution in [3.05, 3.63) is 34.9 Å². The third kappa shape index (κ3) is 1.26. The molecule has 0 heterocycles. The van der Waals surface area contributed by atoms with Crippen molar-refractivity contribution >= 4 is 0 Å². The fourth-order valence-electron chi connectivity index (χ4n) is 3.47. The highest BCUT2D eigenvalue weighted by Crippen LogP contribution is 2.59. The molecule has 1 aromatic rings. The van der Waals surface area contributed by atoms with Gasteiger partial charge in [0.15, 0.2) is 0 Å². The molecule has 15 heavy (non-hydrogen) atoms. The van der Waals surface area contributed by atoms with E-state index >= 15 is 0 Å². The summed E-state index contributed by atoms with van der Waals surface area (Å²) in [6.07, 6.45) is 5.33. The predicted octanol–water partition coefficient (Wildman–Crippen LogP) is 2.55. The SMILES string of the molecule is Cc1ccc2c(c1)CCCC21CC1CN. The van der Waals surface area contributed by atoms with Gasteiger partial charge in [-0.1, -0.05) is 23.8 Å². The van der Waals surface area contributed by atoms with Crippen LogP contribution in [0.2, 0.25) is 0 Å². The first-order valence-electron chi connectivity index (χ1n) is 6.06. The van der Waals surface area contributed by atoms with E-state index in [9.17, 15) is 0 Å². The molecule has 0 aromatic heterocycles. The zero-order valence-electron chi connectivity index (χ0n) is 9.42.